The molecule has 7 nitrogen and oxygen atoms in total. The molecule has 2 heterocycles. The Morgan fingerprint density at radius 2 is 2.16 bits per heavy atom. The first-order valence-corrected chi connectivity index (χ1v) is 5.95. The maximum Gasteiger partial charge on any atom is 0.283 e. The van der Waals surface area contributed by atoms with Crippen LogP contribution in [0.4, 0.5) is 0 Å². The lowest BCUT2D eigenvalue weighted by molar-refractivity contribution is -0.114. The first-order valence-electron chi connectivity index (χ1n) is 5.41. The summed E-state index contributed by atoms with van der Waals surface area (Å²) in [4.78, 5) is 27.7. The zero-order valence-corrected chi connectivity index (χ0v) is 10.3. The maximum absolute atomic E-state index is 12.2. The molecule has 0 saturated heterocycles. The SMILES string of the molecule is O=C(CCl)Nn1cnn2c(=O)c3ccccc3nc12. The summed E-state index contributed by atoms with van der Waals surface area (Å²) in [5, 5.41) is 4.37. The zero-order valence-electron chi connectivity index (χ0n) is 9.58. The van der Waals surface area contributed by atoms with E-state index < -0.39 is 5.91 Å². The average molecular weight is 278 g/mol. The van der Waals surface area contributed by atoms with E-state index in [1.54, 1.807) is 24.3 Å². The van der Waals surface area contributed by atoms with Crippen LogP contribution in [0.15, 0.2) is 35.4 Å². The second kappa shape index (κ2) is 4.36. The molecule has 3 rings (SSSR count). The lowest BCUT2D eigenvalue weighted by atomic mass is 10.2. The van der Waals surface area contributed by atoms with Crippen LogP contribution in [-0.4, -0.2) is 31.1 Å². The van der Waals surface area contributed by atoms with Crippen molar-refractivity contribution >= 4 is 34.2 Å². The van der Waals surface area contributed by atoms with Crippen molar-refractivity contribution in [3.05, 3.63) is 40.9 Å². The summed E-state index contributed by atoms with van der Waals surface area (Å²) in [7, 11) is 0. The van der Waals surface area contributed by atoms with Gasteiger partial charge in [-0.05, 0) is 12.1 Å². The van der Waals surface area contributed by atoms with Crippen LogP contribution < -0.4 is 11.0 Å². The molecular weight excluding hydrogens is 270 g/mol. The molecule has 0 radical (unpaired) electrons. The van der Waals surface area contributed by atoms with Crippen molar-refractivity contribution < 1.29 is 4.79 Å². The zero-order chi connectivity index (χ0) is 13.4. The Balaban J connectivity index is 2.28. The Labute approximate surface area is 111 Å². The number of rotatable bonds is 2. The van der Waals surface area contributed by atoms with Crippen LogP contribution in [-0.2, 0) is 4.79 Å². The van der Waals surface area contributed by atoms with Crippen LogP contribution >= 0.6 is 11.6 Å². The highest BCUT2D eigenvalue weighted by Gasteiger charge is 2.11. The monoisotopic (exact) mass is 277 g/mol. The lowest BCUT2D eigenvalue weighted by Crippen LogP contribution is -2.25. The van der Waals surface area contributed by atoms with E-state index >= 15 is 0 Å². The first-order chi connectivity index (χ1) is 9.20. The first kappa shape index (κ1) is 11.7. The van der Waals surface area contributed by atoms with Gasteiger partial charge in [0.15, 0.2) is 0 Å². The van der Waals surface area contributed by atoms with E-state index in [4.69, 9.17) is 11.6 Å². The number of halogens is 1. The number of amides is 1. The van der Waals surface area contributed by atoms with Gasteiger partial charge in [0.05, 0.1) is 10.9 Å². The number of carbonyl (C=O) groups is 1. The fourth-order valence-electron chi connectivity index (χ4n) is 1.77. The van der Waals surface area contributed by atoms with Crippen LogP contribution in [0.3, 0.4) is 0 Å². The van der Waals surface area contributed by atoms with Gasteiger partial charge in [0.25, 0.3) is 17.2 Å². The molecule has 1 N–H and O–H groups in total. The van der Waals surface area contributed by atoms with Crippen LogP contribution in [0.5, 0.6) is 0 Å². The molecule has 8 heteroatoms. The third-order valence-electron chi connectivity index (χ3n) is 2.60. The number of fused-ring (bicyclic) bond motifs is 2. The van der Waals surface area contributed by atoms with Crippen molar-refractivity contribution in [3.8, 4) is 0 Å². The van der Waals surface area contributed by atoms with Gasteiger partial charge in [-0.25, -0.2) is 9.66 Å². The molecule has 0 bridgehead atoms. The minimum Gasteiger partial charge on any atom is -0.272 e. The van der Waals surface area contributed by atoms with E-state index in [0.717, 1.165) is 4.52 Å². The van der Waals surface area contributed by atoms with Crippen molar-refractivity contribution in [3.63, 3.8) is 0 Å². The topological polar surface area (TPSA) is 81.3 Å². The van der Waals surface area contributed by atoms with Gasteiger partial charge in [-0.1, -0.05) is 12.1 Å². The molecule has 0 saturated carbocycles. The Bertz CT molecular complexity index is 838. The molecule has 0 unspecified atom stereocenters. The number of benzene rings is 1. The number of carbonyl (C=O) groups excluding carboxylic acids is 1. The summed E-state index contributed by atoms with van der Waals surface area (Å²) in [6.07, 6.45) is 1.30. The third-order valence-corrected chi connectivity index (χ3v) is 2.84. The van der Waals surface area contributed by atoms with Gasteiger partial charge in [0.2, 0.25) is 0 Å². The number of para-hydroxylation sites is 1. The van der Waals surface area contributed by atoms with E-state index in [1.165, 1.54) is 11.0 Å². The van der Waals surface area contributed by atoms with Crippen LogP contribution in [0.2, 0.25) is 0 Å². The lowest BCUT2D eigenvalue weighted by Gasteiger charge is -2.03. The molecule has 1 amide bonds. The summed E-state index contributed by atoms with van der Waals surface area (Å²) in [5.74, 6) is -0.381. The predicted octanol–water partition coefficient (Wildman–Crippen LogP) is 0.353. The Kier molecular flexibility index (Phi) is 2.68. The van der Waals surface area contributed by atoms with E-state index in [1.807, 2.05) is 0 Å². The van der Waals surface area contributed by atoms with Gasteiger partial charge in [-0.3, -0.25) is 15.0 Å². The summed E-state index contributed by atoms with van der Waals surface area (Å²) in [6.45, 7) is 0. The number of nitrogens with one attached hydrogen (secondary N) is 1. The Hall–Kier alpha value is -2.41. The van der Waals surface area contributed by atoms with Gasteiger partial charge in [-0.15, -0.1) is 11.6 Å². The van der Waals surface area contributed by atoms with Crippen molar-refractivity contribution in [2.24, 2.45) is 0 Å². The number of hydrogen-bond donors (Lipinski definition) is 1. The highest BCUT2D eigenvalue weighted by molar-refractivity contribution is 6.28. The summed E-state index contributed by atoms with van der Waals surface area (Å²) in [5.41, 5.74) is 2.71. The molecule has 0 fully saturated rings. The van der Waals surface area contributed by atoms with Gasteiger partial charge >= 0.3 is 0 Å². The largest absolute Gasteiger partial charge is 0.283 e. The average Bonchev–Trinajstić information content (AvgIpc) is 2.82. The molecule has 0 aliphatic carbocycles. The quantitative estimate of drug-likeness (QED) is 0.686. The Morgan fingerprint density at radius 3 is 2.95 bits per heavy atom. The molecule has 3 aromatic rings. The third kappa shape index (κ3) is 1.84. The Morgan fingerprint density at radius 1 is 1.37 bits per heavy atom. The highest BCUT2D eigenvalue weighted by atomic mass is 35.5. The van der Waals surface area contributed by atoms with Crippen molar-refractivity contribution in [1.29, 1.82) is 0 Å². The number of alkyl halides is 1. The van der Waals surface area contributed by atoms with Crippen LogP contribution in [0.1, 0.15) is 0 Å². The maximum atomic E-state index is 12.2. The highest BCUT2D eigenvalue weighted by Crippen LogP contribution is 2.07. The molecule has 0 aliphatic heterocycles. The molecule has 96 valence electrons. The molecule has 0 spiro atoms. The van der Waals surface area contributed by atoms with E-state index in [2.05, 4.69) is 15.5 Å². The second-order valence-electron chi connectivity index (χ2n) is 3.82. The fraction of sp³-hybridized carbons (Fsp3) is 0.0909. The van der Waals surface area contributed by atoms with Crippen molar-refractivity contribution in [1.82, 2.24) is 19.3 Å². The van der Waals surface area contributed by atoms with Gasteiger partial charge < -0.3 is 0 Å². The summed E-state index contributed by atoms with van der Waals surface area (Å²) in [6, 6.07) is 6.93. The van der Waals surface area contributed by atoms with Crippen LogP contribution in [0.25, 0.3) is 16.7 Å². The van der Waals surface area contributed by atoms with Crippen molar-refractivity contribution in [2.75, 3.05) is 11.3 Å². The predicted molar refractivity (Wildman–Crippen MR) is 69.8 cm³/mol. The summed E-state index contributed by atoms with van der Waals surface area (Å²) < 4.78 is 2.38. The smallest absolute Gasteiger partial charge is 0.272 e. The minimum atomic E-state index is -0.413. The molecule has 0 aliphatic rings. The number of aromatic nitrogens is 4. The normalized spacial score (nSPS) is 11.0. The fourth-order valence-corrected chi connectivity index (χ4v) is 1.83. The molecule has 19 heavy (non-hydrogen) atoms. The standard InChI is InChI=1S/C11H8ClN5O2/c12-5-9(18)15-16-6-13-17-10(19)7-3-1-2-4-8(7)14-11(16)17/h1-4,6H,5H2,(H,15,18). The van der Waals surface area contributed by atoms with Gasteiger partial charge in [0, 0.05) is 0 Å². The van der Waals surface area contributed by atoms with Gasteiger partial charge in [0.1, 0.15) is 12.2 Å². The van der Waals surface area contributed by atoms with Crippen LogP contribution in [0, 0.1) is 0 Å². The minimum absolute atomic E-state index is 0.192. The molecule has 2 aromatic heterocycles. The second-order valence-corrected chi connectivity index (χ2v) is 4.08. The molecular formula is C11H8ClN5O2. The number of nitrogens with zero attached hydrogens (tertiary/aromatic N) is 4. The molecule has 1 aromatic carbocycles. The van der Waals surface area contributed by atoms with E-state index in [9.17, 15) is 9.59 Å². The van der Waals surface area contributed by atoms with Crippen molar-refractivity contribution in [2.45, 2.75) is 0 Å². The number of hydrogen-bond acceptors (Lipinski definition) is 4. The van der Waals surface area contributed by atoms with E-state index in [-0.39, 0.29) is 17.2 Å². The van der Waals surface area contributed by atoms with Gasteiger partial charge in [-0.2, -0.15) is 9.61 Å². The summed E-state index contributed by atoms with van der Waals surface area (Å²) >= 11 is 5.41. The molecule has 0 atom stereocenters. The van der Waals surface area contributed by atoms with E-state index in [0.29, 0.717) is 10.9 Å².